The van der Waals surface area contributed by atoms with E-state index in [0.717, 1.165) is 0 Å². The van der Waals surface area contributed by atoms with E-state index in [4.69, 9.17) is 21.1 Å². The average Bonchev–Trinajstić information content (AvgIpc) is 3.01. The standard InChI is InChI=1S/C17H20ClN3O6/c1-3-19-17(25)20-14(22)9-27-16(24)10-6-15(23)21(8-10)12-7-11(18)4-5-13(12)26-2/h4-5,7,10H,3,6,8-9H2,1-2H3,(H2,19,20,22,25)/t10-/m1/s1. The maximum atomic E-state index is 12.3. The zero-order chi connectivity index (χ0) is 20.0. The van der Waals surface area contributed by atoms with E-state index in [1.807, 2.05) is 5.32 Å². The number of methoxy groups -OCH3 is 1. The van der Waals surface area contributed by atoms with Crippen LogP contribution in [0.5, 0.6) is 5.75 Å². The second kappa shape index (κ2) is 9.22. The van der Waals surface area contributed by atoms with Crippen LogP contribution >= 0.6 is 11.6 Å². The van der Waals surface area contributed by atoms with Crippen molar-refractivity contribution in [2.24, 2.45) is 5.92 Å². The molecule has 4 amide bonds. The Morgan fingerprint density at radius 3 is 2.74 bits per heavy atom. The molecule has 1 fully saturated rings. The minimum absolute atomic E-state index is 0.0631. The van der Waals surface area contributed by atoms with E-state index in [1.165, 1.54) is 12.0 Å². The van der Waals surface area contributed by atoms with Crippen molar-refractivity contribution in [3.8, 4) is 5.75 Å². The minimum Gasteiger partial charge on any atom is -0.495 e. The fourth-order valence-corrected chi connectivity index (χ4v) is 2.76. The SMILES string of the molecule is CCNC(=O)NC(=O)COC(=O)[C@@H]1CC(=O)N(c2cc(Cl)ccc2OC)C1. The van der Waals surface area contributed by atoms with Crippen molar-refractivity contribution in [3.63, 3.8) is 0 Å². The molecule has 10 heteroatoms. The van der Waals surface area contributed by atoms with Crippen molar-refractivity contribution in [1.82, 2.24) is 10.6 Å². The van der Waals surface area contributed by atoms with Crippen LogP contribution in [0.4, 0.5) is 10.5 Å². The van der Waals surface area contributed by atoms with Crippen molar-refractivity contribution in [2.75, 3.05) is 31.7 Å². The number of amides is 4. The Kier molecular flexibility index (Phi) is 7.00. The summed E-state index contributed by atoms with van der Waals surface area (Å²) in [6, 6.07) is 4.16. The van der Waals surface area contributed by atoms with E-state index in [0.29, 0.717) is 23.0 Å². The van der Waals surface area contributed by atoms with Gasteiger partial charge in [0.05, 0.1) is 18.7 Å². The molecule has 1 saturated heterocycles. The van der Waals surface area contributed by atoms with Gasteiger partial charge in [-0.15, -0.1) is 0 Å². The molecule has 1 atom stereocenters. The summed E-state index contributed by atoms with van der Waals surface area (Å²) < 4.78 is 10.1. The molecule has 2 rings (SSSR count). The number of anilines is 1. The van der Waals surface area contributed by atoms with Crippen LogP contribution in [0.2, 0.25) is 5.02 Å². The Balaban J connectivity index is 1.95. The highest BCUT2D eigenvalue weighted by Gasteiger charge is 2.37. The summed E-state index contributed by atoms with van der Waals surface area (Å²) in [5.74, 6) is -2.03. The number of nitrogens with zero attached hydrogens (tertiary/aromatic N) is 1. The fourth-order valence-electron chi connectivity index (χ4n) is 2.59. The second-order valence-electron chi connectivity index (χ2n) is 5.74. The van der Waals surface area contributed by atoms with Crippen LogP contribution in [0.25, 0.3) is 0 Å². The molecule has 0 radical (unpaired) electrons. The Morgan fingerprint density at radius 2 is 2.07 bits per heavy atom. The van der Waals surface area contributed by atoms with Gasteiger partial charge in [-0.1, -0.05) is 11.6 Å². The smallest absolute Gasteiger partial charge is 0.321 e. The van der Waals surface area contributed by atoms with Gasteiger partial charge in [0.2, 0.25) is 5.91 Å². The van der Waals surface area contributed by atoms with E-state index >= 15 is 0 Å². The van der Waals surface area contributed by atoms with E-state index in [1.54, 1.807) is 25.1 Å². The highest BCUT2D eigenvalue weighted by atomic mass is 35.5. The van der Waals surface area contributed by atoms with Crippen LogP contribution in [0, 0.1) is 5.92 Å². The molecule has 0 bridgehead atoms. The van der Waals surface area contributed by atoms with Crippen LogP contribution < -0.4 is 20.3 Å². The molecule has 0 aliphatic carbocycles. The second-order valence-corrected chi connectivity index (χ2v) is 6.17. The molecule has 27 heavy (non-hydrogen) atoms. The highest BCUT2D eigenvalue weighted by Crippen LogP contribution is 2.35. The number of urea groups is 1. The Morgan fingerprint density at radius 1 is 1.33 bits per heavy atom. The minimum atomic E-state index is -0.757. The van der Waals surface area contributed by atoms with E-state index in [-0.39, 0.29) is 18.9 Å². The number of hydrogen-bond acceptors (Lipinski definition) is 6. The summed E-state index contributed by atoms with van der Waals surface area (Å²) in [5, 5.41) is 4.82. The lowest BCUT2D eigenvalue weighted by molar-refractivity contribution is -0.152. The fraction of sp³-hybridized carbons (Fsp3) is 0.412. The largest absolute Gasteiger partial charge is 0.495 e. The van der Waals surface area contributed by atoms with Crippen LogP contribution in [-0.4, -0.2) is 50.6 Å². The summed E-state index contributed by atoms with van der Waals surface area (Å²) in [7, 11) is 1.46. The molecule has 1 aliphatic rings. The highest BCUT2D eigenvalue weighted by molar-refractivity contribution is 6.31. The molecule has 9 nitrogen and oxygen atoms in total. The summed E-state index contributed by atoms with van der Waals surface area (Å²) >= 11 is 5.99. The molecule has 146 valence electrons. The van der Waals surface area contributed by atoms with Gasteiger partial charge in [0.15, 0.2) is 6.61 Å². The zero-order valence-electron chi connectivity index (χ0n) is 14.9. The normalized spacial score (nSPS) is 16.0. The van der Waals surface area contributed by atoms with E-state index in [9.17, 15) is 19.2 Å². The number of ether oxygens (including phenoxy) is 2. The topological polar surface area (TPSA) is 114 Å². The van der Waals surface area contributed by atoms with Crippen molar-refractivity contribution in [3.05, 3.63) is 23.2 Å². The third kappa shape index (κ3) is 5.33. The van der Waals surface area contributed by atoms with Crippen LogP contribution in [0.15, 0.2) is 18.2 Å². The predicted molar refractivity (Wildman–Crippen MR) is 96.6 cm³/mol. The average molecular weight is 398 g/mol. The quantitative estimate of drug-likeness (QED) is 0.694. The zero-order valence-corrected chi connectivity index (χ0v) is 15.7. The number of carbonyl (C=O) groups is 4. The summed E-state index contributed by atoms with van der Waals surface area (Å²) in [6.07, 6.45) is -0.0631. The number of hydrogen-bond donors (Lipinski definition) is 2. The third-order valence-electron chi connectivity index (χ3n) is 3.83. The molecule has 0 aromatic heterocycles. The van der Waals surface area contributed by atoms with Gasteiger partial charge in [-0.2, -0.15) is 0 Å². The number of imide groups is 1. The molecule has 1 aliphatic heterocycles. The van der Waals surface area contributed by atoms with Crippen LogP contribution in [-0.2, 0) is 19.1 Å². The summed E-state index contributed by atoms with van der Waals surface area (Å²) in [5.41, 5.74) is 0.458. The number of rotatable bonds is 6. The Labute approximate surface area is 160 Å². The molecular weight excluding hydrogens is 378 g/mol. The summed E-state index contributed by atoms with van der Waals surface area (Å²) in [6.45, 7) is 1.52. The molecule has 0 spiro atoms. The monoisotopic (exact) mass is 397 g/mol. The van der Waals surface area contributed by atoms with E-state index < -0.39 is 30.4 Å². The van der Waals surface area contributed by atoms with Crippen molar-refractivity contribution < 1.29 is 28.7 Å². The lowest BCUT2D eigenvalue weighted by atomic mass is 10.1. The van der Waals surface area contributed by atoms with Gasteiger partial charge in [-0.3, -0.25) is 19.7 Å². The molecule has 1 aromatic carbocycles. The van der Waals surface area contributed by atoms with Crippen LogP contribution in [0.3, 0.4) is 0 Å². The van der Waals surface area contributed by atoms with Crippen molar-refractivity contribution >= 4 is 41.1 Å². The first-order valence-electron chi connectivity index (χ1n) is 8.24. The third-order valence-corrected chi connectivity index (χ3v) is 4.06. The molecule has 1 aromatic rings. The van der Waals surface area contributed by atoms with Gasteiger partial charge in [-0.25, -0.2) is 4.79 Å². The van der Waals surface area contributed by atoms with E-state index in [2.05, 4.69) is 5.32 Å². The first-order chi connectivity index (χ1) is 12.8. The van der Waals surface area contributed by atoms with Gasteiger partial charge in [-0.05, 0) is 25.1 Å². The maximum Gasteiger partial charge on any atom is 0.321 e. The molecule has 2 N–H and O–H groups in total. The van der Waals surface area contributed by atoms with Gasteiger partial charge in [0.25, 0.3) is 5.91 Å². The number of esters is 1. The lowest BCUT2D eigenvalue weighted by Gasteiger charge is -2.19. The number of nitrogens with one attached hydrogen (secondary N) is 2. The number of carbonyl (C=O) groups excluding carboxylic acids is 4. The summed E-state index contributed by atoms with van der Waals surface area (Å²) in [4.78, 5) is 48.7. The number of benzene rings is 1. The maximum absolute atomic E-state index is 12.3. The number of halogens is 1. The van der Waals surface area contributed by atoms with Crippen molar-refractivity contribution in [1.29, 1.82) is 0 Å². The van der Waals surface area contributed by atoms with Crippen LogP contribution in [0.1, 0.15) is 13.3 Å². The molecular formula is C17H20ClN3O6. The van der Waals surface area contributed by atoms with Gasteiger partial charge in [0.1, 0.15) is 5.75 Å². The molecule has 0 saturated carbocycles. The first-order valence-corrected chi connectivity index (χ1v) is 8.61. The van der Waals surface area contributed by atoms with Gasteiger partial charge >= 0.3 is 12.0 Å². The van der Waals surface area contributed by atoms with Gasteiger partial charge < -0.3 is 19.7 Å². The Bertz CT molecular complexity index is 754. The molecule has 1 heterocycles. The molecule has 0 unspecified atom stereocenters. The Hall–Kier alpha value is -2.81. The van der Waals surface area contributed by atoms with Gasteiger partial charge in [0, 0.05) is 24.5 Å². The first kappa shape index (κ1) is 20.5. The predicted octanol–water partition coefficient (Wildman–Crippen LogP) is 1.09. The lowest BCUT2D eigenvalue weighted by Crippen LogP contribution is -2.41. The van der Waals surface area contributed by atoms with Crippen molar-refractivity contribution in [2.45, 2.75) is 13.3 Å².